The number of ether oxygens (including phenoxy) is 1. The lowest BCUT2D eigenvalue weighted by Crippen LogP contribution is -2.52. The lowest BCUT2D eigenvalue weighted by Gasteiger charge is -2.38. The molecule has 0 aromatic heterocycles. The summed E-state index contributed by atoms with van der Waals surface area (Å²) >= 11 is 0. The van der Waals surface area contributed by atoms with E-state index in [-0.39, 0.29) is 11.4 Å². The molecule has 0 atom stereocenters. The predicted molar refractivity (Wildman–Crippen MR) is 63.4 cm³/mol. The van der Waals surface area contributed by atoms with E-state index in [1.165, 1.54) is 0 Å². The van der Waals surface area contributed by atoms with Crippen molar-refractivity contribution in [2.24, 2.45) is 5.73 Å². The van der Waals surface area contributed by atoms with Gasteiger partial charge in [0.1, 0.15) is 0 Å². The number of nitrogens with two attached hydrogens (primary N) is 1. The molecule has 0 unspecified atom stereocenters. The minimum atomic E-state index is -0.796. The van der Waals surface area contributed by atoms with Crippen LogP contribution in [0.15, 0.2) is 0 Å². The van der Waals surface area contributed by atoms with E-state index in [0.717, 1.165) is 19.3 Å². The molecule has 5 nitrogen and oxygen atoms in total. The van der Waals surface area contributed by atoms with Gasteiger partial charge in [-0.05, 0) is 19.3 Å². The summed E-state index contributed by atoms with van der Waals surface area (Å²) in [7, 11) is 0. The Kier molecular flexibility index (Phi) is 3.70. The molecule has 5 heteroatoms. The first-order valence-electron chi connectivity index (χ1n) is 6.37. The quantitative estimate of drug-likeness (QED) is 0.643. The zero-order chi connectivity index (χ0) is 12.4. The normalized spacial score (nSPS) is 26.0. The fourth-order valence-electron chi connectivity index (χ4n) is 2.38. The first kappa shape index (κ1) is 12.8. The van der Waals surface area contributed by atoms with E-state index in [1.54, 1.807) is 0 Å². The first-order valence-corrected chi connectivity index (χ1v) is 6.37. The van der Waals surface area contributed by atoms with Crippen molar-refractivity contribution in [1.82, 2.24) is 5.32 Å². The van der Waals surface area contributed by atoms with E-state index in [4.69, 9.17) is 10.5 Å². The molecule has 2 aliphatic rings. The Balaban J connectivity index is 1.71. The number of hydrogen-bond donors (Lipinski definition) is 3. The molecule has 1 amide bonds. The molecule has 17 heavy (non-hydrogen) atoms. The standard InChI is InChI=1S/C12H22N2O3/c13-11(2-1-3-11)8-10(15)14-9-12(16)4-6-17-7-5-12/h16H,1-9,13H2,(H,14,15). The van der Waals surface area contributed by atoms with Crippen LogP contribution < -0.4 is 11.1 Å². The molecule has 1 aliphatic carbocycles. The van der Waals surface area contributed by atoms with E-state index in [1.807, 2.05) is 0 Å². The highest BCUT2D eigenvalue weighted by Crippen LogP contribution is 2.32. The minimum Gasteiger partial charge on any atom is -0.388 e. The summed E-state index contributed by atoms with van der Waals surface area (Å²) in [6.07, 6.45) is 4.52. The molecular formula is C12H22N2O3. The Morgan fingerprint density at radius 3 is 2.47 bits per heavy atom. The summed E-state index contributed by atoms with van der Waals surface area (Å²) in [5.74, 6) is -0.0490. The maximum atomic E-state index is 11.7. The third kappa shape index (κ3) is 3.40. The highest BCUT2D eigenvalue weighted by molar-refractivity contribution is 5.77. The number of nitrogens with one attached hydrogen (secondary N) is 1. The molecule has 98 valence electrons. The van der Waals surface area contributed by atoms with Crippen molar-refractivity contribution in [1.29, 1.82) is 0 Å². The molecule has 0 radical (unpaired) electrons. The van der Waals surface area contributed by atoms with Crippen molar-refractivity contribution in [2.75, 3.05) is 19.8 Å². The van der Waals surface area contributed by atoms with Crippen LogP contribution in [0.1, 0.15) is 38.5 Å². The van der Waals surface area contributed by atoms with Gasteiger partial charge >= 0.3 is 0 Å². The Morgan fingerprint density at radius 1 is 1.29 bits per heavy atom. The van der Waals surface area contributed by atoms with Crippen molar-refractivity contribution in [2.45, 2.75) is 49.7 Å². The number of hydrogen-bond acceptors (Lipinski definition) is 4. The van der Waals surface area contributed by atoms with Crippen LogP contribution in [-0.4, -0.2) is 41.9 Å². The maximum absolute atomic E-state index is 11.7. The highest BCUT2D eigenvalue weighted by Gasteiger charge is 2.35. The smallest absolute Gasteiger partial charge is 0.221 e. The summed E-state index contributed by atoms with van der Waals surface area (Å²) in [5.41, 5.74) is 4.92. The summed E-state index contributed by atoms with van der Waals surface area (Å²) in [6.45, 7) is 1.44. The lowest BCUT2D eigenvalue weighted by atomic mass is 9.75. The average molecular weight is 242 g/mol. The molecule has 1 saturated carbocycles. The predicted octanol–water partition coefficient (Wildman–Crippen LogP) is -0.0844. The second kappa shape index (κ2) is 4.92. The van der Waals surface area contributed by atoms with Gasteiger partial charge in [-0.3, -0.25) is 4.79 Å². The fraction of sp³-hybridized carbons (Fsp3) is 0.917. The van der Waals surface area contributed by atoms with Gasteiger partial charge in [-0.25, -0.2) is 0 Å². The largest absolute Gasteiger partial charge is 0.388 e. The second-order valence-corrected chi connectivity index (χ2v) is 5.51. The van der Waals surface area contributed by atoms with Crippen LogP contribution in [0.4, 0.5) is 0 Å². The van der Waals surface area contributed by atoms with E-state index >= 15 is 0 Å². The van der Waals surface area contributed by atoms with Crippen molar-refractivity contribution in [3.8, 4) is 0 Å². The number of aliphatic hydroxyl groups is 1. The zero-order valence-corrected chi connectivity index (χ0v) is 10.2. The molecule has 0 aromatic rings. The van der Waals surface area contributed by atoms with Crippen LogP contribution in [0.25, 0.3) is 0 Å². The molecule has 1 heterocycles. The van der Waals surface area contributed by atoms with Gasteiger partial charge in [0.15, 0.2) is 0 Å². The van der Waals surface area contributed by atoms with E-state index in [0.29, 0.717) is 39.0 Å². The summed E-state index contributed by atoms with van der Waals surface area (Å²) in [4.78, 5) is 11.7. The number of carbonyl (C=O) groups is 1. The highest BCUT2D eigenvalue weighted by atomic mass is 16.5. The Hall–Kier alpha value is -0.650. The van der Waals surface area contributed by atoms with E-state index < -0.39 is 5.60 Å². The maximum Gasteiger partial charge on any atom is 0.221 e. The van der Waals surface area contributed by atoms with Gasteiger partial charge in [-0.15, -0.1) is 0 Å². The van der Waals surface area contributed by atoms with E-state index in [2.05, 4.69) is 5.32 Å². The summed E-state index contributed by atoms with van der Waals surface area (Å²) < 4.78 is 5.19. The zero-order valence-electron chi connectivity index (χ0n) is 10.2. The van der Waals surface area contributed by atoms with Crippen molar-refractivity contribution in [3.05, 3.63) is 0 Å². The van der Waals surface area contributed by atoms with E-state index in [9.17, 15) is 9.90 Å². The van der Waals surface area contributed by atoms with Gasteiger partial charge < -0.3 is 20.9 Å². The van der Waals surface area contributed by atoms with Crippen LogP contribution in [0.3, 0.4) is 0 Å². The SMILES string of the molecule is NC1(CC(=O)NCC2(O)CCOCC2)CCC1. The molecule has 0 aromatic carbocycles. The third-order valence-electron chi connectivity index (χ3n) is 3.90. The van der Waals surface area contributed by atoms with Crippen LogP contribution in [0, 0.1) is 0 Å². The van der Waals surface area contributed by atoms with Crippen LogP contribution in [0.5, 0.6) is 0 Å². The number of carbonyl (C=O) groups excluding carboxylic acids is 1. The van der Waals surface area contributed by atoms with Gasteiger partial charge in [0.2, 0.25) is 5.91 Å². The monoisotopic (exact) mass is 242 g/mol. The number of amides is 1. The minimum absolute atomic E-state index is 0.0490. The van der Waals surface area contributed by atoms with Crippen LogP contribution in [-0.2, 0) is 9.53 Å². The Labute approximate surface area is 102 Å². The van der Waals surface area contributed by atoms with Crippen LogP contribution in [0.2, 0.25) is 0 Å². The molecule has 4 N–H and O–H groups in total. The molecule has 2 rings (SSSR count). The van der Waals surface area contributed by atoms with Gasteiger partial charge in [-0.2, -0.15) is 0 Å². The van der Waals surface area contributed by atoms with Gasteiger partial charge in [0.05, 0.1) is 5.60 Å². The average Bonchev–Trinajstić information content (AvgIpc) is 2.26. The topological polar surface area (TPSA) is 84.6 Å². The Bertz CT molecular complexity index is 283. The van der Waals surface area contributed by atoms with Crippen molar-refractivity contribution >= 4 is 5.91 Å². The Morgan fingerprint density at radius 2 is 1.94 bits per heavy atom. The van der Waals surface area contributed by atoms with Crippen LogP contribution >= 0.6 is 0 Å². The number of rotatable bonds is 4. The lowest BCUT2D eigenvalue weighted by molar-refractivity contribution is -0.125. The fourth-order valence-corrected chi connectivity index (χ4v) is 2.38. The molecule has 1 saturated heterocycles. The summed E-state index contributed by atoms with van der Waals surface area (Å²) in [5, 5.41) is 13.0. The third-order valence-corrected chi connectivity index (χ3v) is 3.90. The van der Waals surface area contributed by atoms with Gasteiger partial charge in [-0.1, -0.05) is 0 Å². The van der Waals surface area contributed by atoms with Gasteiger partial charge in [0, 0.05) is 44.6 Å². The van der Waals surface area contributed by atoms with Crippen molar-refractivity contribution in [3.63, 3.8) is 0 Å². The first-order chi connectivity index (χ1) is 8.02. The summed E-state index contributed by atoms with van der Waals surface area (Å²) in [6, 6.07) is 0. The molecule has 1 aliphatic heterocycles. The van der Waals surface area contributed by atoms with Gasteiger partial charge in [0.25, 0.3) is 0 Å². The molecule has 0 bridgehead atoms. The second-order valence-electron chi connectivity index (χ2n) is 5.51. The molecule has 0 spiro atoms. The molecule has 2 fully saturated rings. The van der Waals surface area contributed by atoms with Crippen molar-refractivity contribution < 1.29 is 14.6 Å². The molecular weight excluding hydrogens is 220 g/mol.